The average Bonchev–Trinajstić information content (AvgIpc) is 3.30. The van der Waals surface area contributed by atoms with Crippen molar-refractivity contribution in [2.24, 2.45) is 10.9 Å². The second-order valence-electron chi connectivity index (χ2n) is 7.80. The number of carbonyl (C=O) groups excluding carboxylic acids is 2. The maximum absolute atomic E-state index is 12.2. The van der Waals surface area contributed by atoms with Gasteiger partial charge in [-0.25, -0.2) is 14.4 Å². The van der Waals surface area contributed by atoms with Gasteiger partial charge >= 0.3 is 24.2 Å². The van der Waals surface area contributed by atoms with Crippen LogP contribution in [0.1, 0.15) is 43.7 Å². The normalized spacial score (nSPS) is 15.1. The van der Waals surface area contributed by atoms with E-state index < -0.39 is 42.3 Å². The Morgan fingerprint density at radius 1 is 1.24 bits per heavy atom. The number of nitrogens with two attached hydrogens (primary N) is 1. The fourth-order valence-electron chi connectivity index (χ4n) is 2.74. The van der Waals surface area contributed by atoms with Gasteiger partial charge in [0.15, 0.2) is 0 Å². The molecule has 0 aromatic heterocycles. The number of aliphatic carboxylic acids is 2. The van der Waals surface area contributed by atoms with E-state index in [0.29, 0.717) is 24.1 Å². The Morgan fingerprint density at radius 2 is 1.84 bits per heavy atom. The fourth-order valence-corrected chi connectivity index (χ4v) is 2.74. The number of carbonyl (C=O) groups is 4. The summed E-state index contributed by atoms with van der Waals surface area (Å²) in [5, 5.41) is 32.4. The lowest BCUT2D eigenvalue weighted by atomic mass is 10.0. The Balaban J connectivity index is 0.000000905. The Bertz CT molecular complexity index is 1030. The van der Waals surface area contributed by atoms with Crippen molar-refractivity contribution >= 4 is 35.5 Å². The van der Waals surface area contributed by atoms with Gasteiger partial charge in [-0.1, -0.05) is 42.8 Å². The van der Waals surface area contributed by atoms with E-state index in [1.165, 1.54) is 0 Å². The van der Waals surface area contributed by atoms with Crippen LogP contribution in [0.2, 0.25) is 0 Å². The van der Waals surface area contributed by atoms with E-state index in [1.54, 1.807) is 24.3 Å². The van der Waals surface area contributed by atoms with Gasteiger partial charge in [-0.3, -0.25) is 10.2 Å². The van der Waals surface area contributed by atoms with Gasteiger partial charge in [-0.15, -0.1) is 0 Å². The number of rotatable bonds is 11. The number of oxime groups is 1. The molecule has 1 aliphatic rings. The van der Waals surface area contributed by atoms with Gasteiger partial charge in [0, 0.05) is 18.5 Å². The van der Waals surface area contributed by atoms with Gasteiger partial charge in [0.2, 0.25) is 5.91 Å². The predicted molar refractivity (Wildman–Crippen MR) is 126 cm³/mol. The molecule has 7 N–H and O–H groups in total. The number of nitrogens with zero attached hydrogens (tertiary/aromatic N) is 1. The Morgan fingerprint density at radius 3 is 2.34 bits per heavy atom. The molecule has 2 amide bonds. The van der Waals surface area contributed by atoms with E-state index in [2.05, 4.69) is 15.8 Å². The minimum atomic E-state index is -5.08. The quantitative estimate of drug-likeness (QED) is 0.135. The SMILES string of the molecule is CCCCOC(=O)N[C@@H](CNC(=O)C[C@H]1CC(c2ccc(C(=N)N)cc2)=NO1)C(=O)O.O=C(O)C(F)(F)F. The molecule has 1 aromatic carbocycles. The number of unbranched alkanes of at least 4 members (excludes halogenated alkanes) is 1. The zero-order chi connectivity index (χ0) is 28.9. The van der Waals surface area contributed by atoms with Crippen molar-refractivity contribution in [1.82, 2.24) is 10.6 Å². The van der Waals surface area contributed by atoms with Crippen molar-refractivity contribution in [3.8, 4) is 0 Å². The summed E-state index contributed by atoms with van der Waals surface area (Å²) in [4.78, 5) is 49.3. The molecule has 0 aliphatic carbocycles. The molecule has 38 heavy (non-hydrogen) atoms. The molecule has 0 saturated carbocycles. The molecule has 2 rings (SSSR count). The second kappa shape index (κ2) is 15.0. The third-order valence-corrected chi connectivity index (χ3v) is 4.74. The molecule has 1 aromatic rings. The summed E-state index contributed by atoms with van der Waals surface area (Å²) in [6.45, 7) is 1.84. The molecule has 0 spiro atoms. The third-order valence-electron chi connectivity index (χ3n) is 4.74. The molecular weight excluding hydrogens is 519 g/mol. The smallest absolute Gasteiger partial charge is 0.480 e. The van der Waals surface area contributed by atoms with Crippen LogP contribution in [0.25, 0.3) is 0 Å². The van der Waals surface area contributed by atoms with E-state index >= 15 is 0 Å². The van der Waals surface area contributed by atoms with Crippen molar-refractivity contribution in [3.63, 3.8) is 0 Å². The molecule has 16 heteroatoms. The molecule has 0 radical (unpaired) electrons. The number of carboxylic acids is 2. The average molecular weight is 547 g/mol. The topological polar surface area (TPSA) is 213 Å². The molecule has 0 unspecified atom stereocenters. The number of carboxylic acid groups (broad SMARTS) is 2. The van der Waals surface area contributed by atoms with E-state index in [9.17, 15) is 32.7 Å². The number of hydrogen-bond donors (Lipinski definition) is 6. The van der Waals surface area contributed by atoms with Gasteiger partial charge in [0.25, 0.3) is 0 Å². The number of nitrogen functional groups attached to an aromatic ring is 1. The van der Waals surface area contributed by atoms with Gasteiger partial charge < -0.3 is 36.2 Å². The van der Waals surface area contributed by atoms with Crippen LogP contribution < -0.4 is 16.4 Å². The number of alkyl carbamates (subject to hydrolysis) is 1. The zero-order valence-electron chi connectivity index (χ0n) is 20.2. The summed E-state index contributed by atoms with van der Waals surface area (Å²) in [6, 6.07) is 5.63. The van der Waals surface area contributed by atoms with Crippen molar-refractivity contribution in [1.29, 1.82) is 5.41 Å². The van der Waals surface area contributed by atoms with E-state index in [0.717, 1.165) is 12.0 Å². The van der Waals surface area contributed by atoms with Crippen LogP contribution in [-0.4, -0.2) is 77.2 Å². The van der Waals surface area contributed by atoms with Crippen LogP contribution in [0.15, 0.2) is 29.4 Å². The number of hydrogen-bond acceptors (Lipinski definition) is 8. The third kappa shape index (κ3) is 11.6. The number of alkyl halides is 3. The highest BCUT2D eigenvalue weighted by molar-refractivity contribution is 6.02. The second-order valence-corrected chi connectivity index (χ2v) is 7.80. The predicted octanol–water partition coefficient (Wildman–Crippen LogP) is 1.58. The summed E-state index contributed by atoms with van der Waals surface area (Å²) in [5.41, 5.74) is 7.48. The van der Waals surface area contributed by atoms with Crippen LogP contribution >= 0.6 is 0 Å². The van der Waals surface area contributed by atoms with Gasteiger partial charge in [-0.2, -0.15) is 13.2 Å². The Kier molecular flexibility index (Phi) is 12.5. The van der Waals surface area contributed by atoms with Gasteiger partial charge in [0.1, 0.15) is 18.0 Å². The molecule has 210 valence electrons. The van der Waals surface area contributed by atoms with Crippen molar-refractivity contribution in [2.45, 2.75) is 50.9 Å². The van der Waals surface area contributed by atoms with Crippen molar-refractivity contribution < 1.29 is 52.1 Å². The number of ether oxygens (including phenoxy) is 1. The largest absolute Gasteiger partial charge is 0.490 e. The molecule has 13 nitrogen and oxygen atoms in total. The zero-order valence-corrected chi connectivity index (χ0v) is 20.2. The van der Waals surface area contributed by atoms with E-state index in [4.69, 9.17) is 30.6 Å². The first-order chi connectivity index (χ1) is 17.7. The first kappa shape index (κ1) is 31.7. The van der Waals surface area contributed by atoms with Crippen LogP contribution in [0.3, 0.4) is 0 Å². The monoisotopic (exact) mass is 547 g/mol. The van der Waals surface area contributed by atoms with Crippen molar-refractivity contribution in [3.05, 3.63) is 35.4 Å². The summed E-state index contributed by atoms with van der Waals surface area (Å²) in [7, 11) is 0. The highest BCUT2D eigenvalue weighted by Gasteiger charge is 2.38. The van der Waals surface area contributed by atoms with Gasteiger partial charge in [-0.05, 0) is 12.0 Å². The standard InChI is InChI=1S/C20H27N5O6.C2HF3O2/c1-2-3-8-30-20(29)24-16(19(27)28)11-23-17(26)10-14-9-15(25-31-14)12-4-6-13(7-5-12)18(21)22;3-2(4,5)1(6)7/h4-7,14,16H,2-3,8-11H2,1H3,(H3,21,22)(H,23,26)(H,24,29)(H,27,28);(H,6,7)/t14-,16+;/m1./s1. The van der Waals surface area contributed by atoms with Crippen LogP contribution in [0.4, 0.5) is 18.0 Å². The molecule has 0 fully saturated rings. The minimum Gasteiger partial charge on any atom is -0.480 e. The highest BCUT2D eigenvalue weighted by Crippen LogP contribution is 2.19. The minimum absolute atomic E-state index is 0.0220. The molecule has 2 atom stereocenters. The molecule has 1 aliphatic heterocycles. The van der Waals surface area contributed by atoms with E-state index in [1.807, 2.05) is 6.92 Å². The number of amidine groups is 1. The van der Waals surface area contributed by atoms with E-state index in [-0.39, 0.29) is 25.4 Å². The number of halogens is 3. The number of benzene rings is 1. The lowest BCUT2D eigenvalue weighted by Crippen LogP contribution is -2.48. The fraction of sp³-hybridized carbons (Fsp3) is 0.455. The number of nitrogens with one attached hydrogen (secondary N) is 3. The maximum atomic E-state index is 12.2. The Hall–Kier alpha value is -4.37. The first-order valence-corrected chi connectivity index (χ1v) is 11.1. The summed E-state index contributed by atoms with van der Waals surface area (Å²) in [6.07, 6.45) is -4.53. The van der Waals surface area contributed by atoms with Gasteiger partial charge in [0.05, 0.1) is 18.7 Å². The first-order valence-electron chi connectivity index (χ1n) is 11.1. The van der Waals surface area contributed by atoms with Crippen molar-refractivity contribution in [2.75, 3.05) is 13.2 Å². The molecular formula is C22H28F3N5O8. The van der Waals surface area contributed by atoms with Crippen LogP contribution in [0, 0.1) is 5.41 Å². The van der Waals surface area contributed by atoms with Crippen LogP contribution in [0.5, 0.6) is 0 Å². The molecule has 0 bridgehead atoms. The number of amides is 2. The maximum Gasteiger partial charge on any atom is 0.490 e. The summed E-state index contributed by atoms with van der Waals surface area (Å²) < 4.78 is 36.6. The molecule has 1 heterocycles. The lowest BCUT2D eigenvalue weighted by molar-refractivity contribution is -0.192. The highest BCUT2D eigenvalue weighted by atomic mass is 19.4. The van der Waals surface area contributed by atoms with Crippen LogP contribution in [-0.2, 0) is 24.0 Å². The molecule has 0 saturated heterocycles. The summed E-state index contributed by atoms with van der Waals surface area (Å²) >= 11 is 0. The summed E-state index contributed by atoms with van der Waals surface area (Å²) in [5.74, 6) is -4.51. The lowest BCUT2D eigenvalue weighted by Gasteiger charge is -2.16. The Labute approximate surface area is 214 Å².